The zero-order valence-corrected chi connectivity index (χ0v) is 14.1. The molecule has 0 unspecified atom stereocenters. The van der Waals surface area contributed by atoms with Crippen LogP contribution in [0.25, 0.3) is 22.6 Å². The van der Waals surface area contributed by atoms with Crippen molar-refractivity contribution in [1.29, 1.82) is 0 Å². The summed E-state index contributed by atoms with van der Waals surface area (Å²) in [5, 5.41) is 0. The fourth-order valence-electron chi connectivity index (χ4n) is 3.73. The minimum atomic E-state index is -0.184. The zero-order valence-electron chi connectivity index (χ0n) is 14.1. The van der Waals surface area contributed by atoms with Crippen molar-refractivity contribution in [3.63, 3.8) is 0 Å². The van der Waals surface area contributed by atoms with E-state index in [1.54, 1.807) is 18.2 Å². The van der Waals surface area contributed by atoms with Gasteiger partial charge in [-0.15, -0.1) is 0 Å². The van der Waals surface area contributed by atoms with Gasteiger partial charge < -0.3 is 4.42 Å². The summed E-state index contributed by atoms with van der Waals surface area (Å²) in [7, 11) is 0. The van der Waals surface area contributed by atoms with Crippen LogP contribution in [0, 0.1) is 0 Å². The predicted molar refractivity (Wildman–Crippen MR) is 97.4 cm³/mol. The van der Waals surface area contributed by atoms with Crippen molar-refractivity contribution in [2.75, 3.05) is 4.90 Å². The van der Waals surface area contributed by atoms with E-state index >= 15 is 0 Å². The largest absolute Gasteiger partial charge is 0.436 e. The first kappa shape index (κ1) is 15.1. The third kappa shape index (κ3) is 2.20. The maximum Gasteiger partial charge on any atom is 0.261 e. The van der Waals surface area contributed by atoms with Crippen molar-refractivity contribution in [3.8, 4) is 11.5 Å². The van der Waals surface area contributed by atoms with Crippen molar-refractivity contribution >= 4 is 28.6 Å². The molecule has 0 N–H and O–H groups in total. The van der Waals surface area contributed by atoms with Crippen LogP contribution in [-0.4, -0.2) is 16.8 Å². The van der Waals surface area contributed by atoms with E-state index < -0.39 is 0 Å². The van der Waals surface area contributed by atoms with E-state index in [9.17, 15) is 9.59 Å². The molecule has 0 spiro atoms. The van der Waals surface area contributed by atoms with Gasteiger partial charge >= 0.3 is 0 Å². The summed E-state index contributed by atoms with van der Waals surface area (Å²) < 4.78 is 5.81. The van der Waals surface area contributed by atoms with Gasteiger partial charge in [-0.25, -0.2) is 9.88 Å². The van der Waals surface area contributed by atoms with E-state index in [0.29, 0.717) is 46.7 Å². The predicted octanol–water partition coefficient (Wildman–Crippen LogP) is 4.24. The Morgan fingerprint density at radius 1 is 0.885 bits per heavy atom. The van der Waals surface area contributed by atoms with Crippen LogP contribution in [-0.2, 0) is 9.59 Å². The molecule has 1 aliphatic heterocycles. The third-order valence-electron chi connectivity index (χ3n) is 5.04. The quantitative estimate of drug-likeness (QED) is 0.652. The van der Waals surface area contributed by atoms with E-state index in [2.05, 4.69) is 4.98 Å². The summed E-state index contributed by atoms with van der Waals surface area (Å²) in [5.74, 6) is 0.154. The average molecular weight is 344 g/mol. The van der Waals surface area contributed by atoms with Gasteiger partial charge in [0.15, 0.2) is 5.58 Å². The number of amides is 2. The lowest BCUT2D eigenvalue weighted by atomic mass is 9.93. The number of carbonyl (C=O) groups excluding carboxylic acids is 2. The van der Waals surface area contributed by atoms with Crippen LogP contribution in [0.2, 0.25) is 0 Å². The highest BCUT2D eigenvalue weighted by Crippen LogP contribution is 2.36. The van der Waals surface area contributed by atoms with Crippen LogP contribution >= 0.6 is 0 Å². The summed E-state index contributed by atoms with van der Waals surface area (Å²) in [6.45, 7) is 0. The van der Waals surface area contributed by atoms with Crippen LogP contribution in [0.4, 0.5) is 5.69 Å². The van der Waals surface area contributed by atoms with Gasteiger partial charge in [-0.05, 0) is 56.0 Å². The number of imide groups is 1. The first-order chi connectivity index (χ1) is 12.7. The molecule has 3 aromatic rings. The second kappa shape index (κ2) is 5.66. The molecular formula is C21H16N2O3. The van der Waals surface area contributed by atoms with Crippen LogP contribution in [0.1, 0.15) is 25.7 Å². The zero-order chi connectivity index (χ0) is 17.7. The van der Waals surface area contributed by atoms with Gasteiger partial charge in [-0.2, -0.15) is 0 Å². The maximum atomic E-state index is 12.7. The summed E-state index contributed by atoms with van der Waals surface area (Å²) >= 11 is 0. The van der Waals surface area contributed by atoms with E-state index in [1.165, 1.54) is 4.90 Å². The fraction of sp³-hybridized carbons (Fsp3) is 0.190. The number of fused-ring (bicyclic) bond motifs is 1. The minimum absolute atomic E-state index is 0.184. The van der Waals surface area contributed by atoms with Gasteiger partial charge in [-0.1, -0.05) is 18.2 Å². The molecule has 2 heterocycles. The van der Waals surface area contributed by atoms with Gasteiger partial charge in [0.05, 0.1) is 5.69 Å². The average Bonchev–Trinajstić information content (AvgIpc) is 3.22. The summed E-state index contributed by atoms with van der Waals surface area (Å²) in [6.07, 6.45) is 3.32. The fourth-order valence-corrected chi connectivity index (χ4v) is 3.73. The molecule has 0 radical (unpaired) electrons. The number of benzene rings is 2. The SMILES string of the molecule is O=C1C2=C(CCCC2)C(=O)N1c1ccc2oc(-c3ccccc3)nc2c1. The summed E-state index contributed by atoms with van der Waals surface area (Å²) in [5.41, 5.74) is 4.07. The Bertz CT molecular complexity index is 1050. The molecule has 5 heteroatoms. The normalized spacial score (nSPS) is 17.3. The van der Waals surface area contributed by atoms with Gasteiger partial charge in [0.2, 0.25) is 5.89 Å². The van der Waals surface area contributed by atoms with Crippen LogP contribution in [0.3, 0.4) is 0 Å². The molecule has 2 amide bonds. The highest BCUT2D eigenvalue weighted by atomic mass is 16.3. The Kier molecular flexibility index (Phi) is 3.28. The summed E-state index contributed by atoms with van der Waals surface area (Å²) in [4.78, 5) is 31.2. The molecule has 5 nitrogen and oxygen atoms in total. The molecule has 128 valence electrons. The lowest BCUT2D eigenvalue weighted by Crippen LogP contribution is -2.31. The van der Waals surface area contributed by atoms with Gasteiger partial charge in [0.1, 0.15) is 5.52 Å². The molecule has 1 aliphatic carbocycles. The monoisotopic (exact) mass is 344 g/mol. The van der Waals surface area contributed by atoms with E-state index in [0.717, 1.165) is 18.4 Å². The van der Waals surface area contributed by atoms with Crippen LogP contribution in [0.15, 0.2) is 64.1 Å². The number of anilines is 1. The Morgan fingerprint density at radius 3 is 2.27 bits per heavy atom. The molecular weight excluding hydrogens is 328 g/mol. The molecule has 0 saturated carbocycles. The smallest absolute Gasteiger partial charge is 0.261 e. The lowest BCUT2D eigenvalue weighted by Gasteiger charge is -2.14. The van der Waals surface area contributed by atoms with Gasteiger partial charge in [0, 0.05) is 16.7 Å². The van der Waals surface area contributed by atoms with Crippen molar-refractivity contribution in [2.45, 2.75) is 25.7 Å². The third-order valence-corrected chi connectivity index (χ3v) is 5.04. The molecule has 0 bridgehead atoms. The molecule has 26 heavy (non-hydrogen) atoms. The standard InChI is InChI=1S/C21H16N2O3/c24-20-15-8-4-5-9-16(15)21(25)23(20)14-10-11-18-17(12-14)22-19(26-18)13-6-2-1-3-7-13/h1-3,6-7,10-12H,4-5,8-9H2. The molecule has 0 atom stereocenters. The Morgan fingerprint density at radius 2 is 1.58 bits per heavy atom. The molecule has 2 aromatic carbocycles. The van der Waals surface area contributed by atoms with Crippen LogP contribution < -0.4 is 4.90 Å². The van der Waals surface area contributed by atoms with Gasteiger partial charge in [-0.3, -0.25) is 9.59 Å². The molecule has 0 fully saturated rings. The number of rotatable bonds is 2. The lowest BCUT2D eigenvalue weighted by molar-refractivity contribution is -0.120. The molecule has 5 rings (SSSR count). The second-order valence-electron chi connectivity index (χ2n) is 6.65. The number of oxazole rings is 1. The van der Waals surface area contributed by atoms with E-state index in [-0.39, 0.29) is 11.8 Å². The first-order valence-electron chi connectivity index (χ1n) is 8.79. The van der Waals surface area contributed by atoms with Gasteiger partial charge in [0.25, 0.3) is 11.8 Å². The number of hydrogen-bond donors (Lipinski definition) is 0. The summed E-state index contributed by atoms with van der Waals surface area (Å²) in [6, 6.07) is 14.9. The van der Waals surface area contributed by atoms with Crippen LogP contribution in [0.5, 0.6) is 0 Å². The molecule has 0 saturated heterocycles. The number of hydrogen-bond acceptors (Lipinski definition) is 4. The minimum Gasteiger partial charge on any atom is -0.436 e. The highest BCUT2D eigenvalue weighted by molar-refractivity contribution is 6.33. The number of aromatic nitrogens is 1. The number of nitrogens with zero attached hydrogens (tertiary/aromatic N) is 2. The van der Waals surface area contributed by atoms with E-state index in [1.807, 2.05) is 30.3 Å². The topological polar surface area (TPSA) is 63.4 Å². The van der Waals surface area contributed by atoms with Crippen molar-refractivity contribution in [2.24, 2.45) is 0 Å². The maximum absolute atomic E-state index is 12.7. The van der Waals surface area contributed by atoms with Crippen molar-refractivity contribution in [3.05, 3.63) is 59.7 Å². The highest BCUT2D eigenvalue weighted by Gasteiger charge is 2.39. The first-order valence-corrected chi connectivity index (χ1v) is 8.79. The van der Waals surface area contributed by atoms with Crippen molar-refractivity contribution < 1.29 is 14.0 Å². The van der Waals surface area contributed by atoms with E-state index in [4.69, 9.17) is 4.42 Å². The number of carbonyl (C=O) groups is 2. The Hall–Kier alpha value is -3.21. The van der Waals surface area contributed by atoms with Crippen molar-refractivity contribution in [1.82, 2.24) is 4.98 Å². The Labute approximate surface area is 149 Å². The second-order valence-corrected chi connectivity index (χ2v) is 6.65. The molecule has 2 aliphatic rings. The molecule has 1 aromatic heterocycles. The Balaban J connectivity index is 1.54.